The number of rotatable bonds is 2. The van der Waals surface area contributed by atoms with Gasteiger partial charge in [0.15, 0.2) is 0 Å². The number of hydrogen-bond donors (Lipinski definition) is 2. The molecule has 0 unspecified atom stereocenters. The average Bonchev–Trinajstić information content (AvgIpc) is 2.84. The molecule has 0 atom stereocenters. The maximum Gasteiger partial charge on any atom is 0.326 e. The minimum atomic E-state index is -0.733. The topological polar surface area (TPSA) is 67.2 Å². The Morgan fingerprint density at radius 3 is 2.88 bits per heavy atom. The van der Waals surface area contributed by atoms with Crippen LogP contribution in [0.1, 0.15) is 32.6 Å². The van der Waals surface area contributed by atoms with Gasteiger partial charge in [-0.3, -0.25) is 4.57 Å². The molecule has 5 heteroatoms. The number of hydrogen-bond acceptors (Lipinski definition) is 3. The van der Waals surface area contributed by atoms with Gasteiger partial charge >= 0.3 is 6.03 Å². The summed E-state index contributed by atoms with van der Waals surface area (Å²) in [5, 5.41) is 13.0. The summed E-state index contributed by atoms with van der Waals surface area (Å²) in [6.45, 7) is 2.51. The van der Waals surface area contributed by atoms with E-state index in [1.54, 1.807) is 12.4 Å². The molecule has 17 heavy (non-hydrogen) atoms. The predicted octanol–water partition coefficient (Wildman–Crippen LogP) is 1.38. The van der Waals surface area contributed by atoms with Gasteiger partial charge in [0.05, 0.1) is 5.60 Å². The number of aromatic nitrogens is 2. The summed E-state index contributed by atoms with van der Waals surface area (Å²) in [6.07, 6.45) is 8.16. The van der Waals surface area contributed by atoms with Crippen molar-refractivity contribution < 1.29 is 9.90 Å². The van der Waals surface area contributed by atoms with Crippen molar-refractivity contribution in [1.82, 2.24) is 14.9 Å². The van der Waals surface area contributed by atoms with Crippen LogP contribution < -0.4 is 5.32 Å². The van der Waals surface area contributed by atoms with Crippen LogP contribution in [0.3, 0.4) is 0 Å². The fourth-order valence-corrected chi connectivity index (χ4v) is 2.19. The SMILES string of the molecule is CC1CCC(O)(CNC(=O)n2ccnc2)CC1. The molecule has 0 aliphatic heterocycles. The van der Waals surface area contributed by atoms with Crippen LogP contribution in [0.5, 0.6) is 0 Å². The Bertz CT molecular complexity index is 367. The van der Waals surface area contributed by atoms with Crippen LogP contribution in [-0.4, -0.2) is 32.8 Å². The Kier molecular flexibility index (Phi) is 3.47. The lowest BCUT2D eigenvalue weighted by atomic mass is 9.79. The number of amides is 1. The van der Waals surface area contributed by atoms with Crippen LogP contribution in [0.15, 0.2) is 18.7 Å². The van der Waals surface area contributed by atoms with E-state index in [0.717, 1.165) is 25.7 Å². The van der Waals surface area contributed by atoms with Crippen LogP contribution in [0.25, 0.3) is 0 Å². The number of nitrogens with one attached hydrogen (secondary N) is 1. The van der Waals surface area contributed by atoms with Crippen molar-refractivity contribution in [1.29, 1.82) is 0 Å². The fourth-order valence-electron chi connectivity index (χ4n) is 2.19. The number of aliphatic hydroxyl groups is 1. The number of carbonyl (C=O) groups excluding carboxylic acids is 1. The molecule has 1 fully saturated rings. The largest absolute Gasteiger partial charge is 0.388 e. The van der Waals surface area contributed by atoms with E-state index in [2.05, 4.69) is 17.2 Å². The van der Waals surface area contributed by atoms with Gasteiger partial charge in [-0.2, -0.15) is 0 Å². The van der Waals surface area contributed by atoms with Crippen LogP contribution in [0.4, 0.5) is 4.79 Å². The third-order valence-electron chi connectivity index (χ3n) is 3.51. The molecule has 1 aromatic heterocycles. The molecule has 2 rings (SSSR count). The Hall–Kier alpha value is -1.36. The molecule has 0 saturated heterocycles. The molecule has 1 saturated carbocycles. The second kappa shape index (κ2) is 4.87. The molecule has 0 bridgehead atoms. The normalized spacial score (nSPS) is 28.9. The van der Waals surface area contributed by atoms with Gasteiger partial charge in [0.2, 0.25) is 0 Å². The molecule has 1 aliphatic carbocycles. The quantitative estimate of drug-likeness (QED) is 0.816. The van der Waals surface area contributed by atoms with Crippen molar-refractivity contribution in [3.8, 4) is 0 Å². The van der Waals surface area contributed by atoms with Crippen LogP contribution >= 0.6 is 0 Å². The van der Waals surface area contributed by atoms with Gasteiger partial charge < -0.3 is 10.4 Å². The molecule has 1 heterocycles. The standard InChI is InChI=1S/C12H19N3O2/c1-10-2-4-12(17,5-3-10)8-14-11(16)15-7-6-13-9-15/h6-7,9-10,17H,2-5,8H2,1H3,(H,14,16). The lowest BCUT2D eigenvalue weighted by molar-refractivity contribution is -0.00384. The van der Waals surface area contributed by atoms with E-state index < -0.39 is 5.60 Å². The molecule has 0 aromatic carbocycles. The number of carbonyl (C=O) groups is 1. The number of nitrogens with zero attached hydrogens (tertiary/aromatic N) is 2. The molecule has 5 nitrogen and oxygen atoms in total. The number of imidazole rings is 1. The summed E-state index contributed by atoms with van der Waals surface area (Å²) in [6, 6.07) is -0.241. The summed E-state index contributed by atoms with van der Waals surface area (Å²) < 4.78 is 1.37. The average molecular weight is 237 g/mol. The van der Waals surface area contributed by atoms with Gasteiger partial charge in [-0.05, 0) is 31.6 Å². The van der Waals surface area contributed by atoms with Gasteiger partial charge in [0.1, 0.15) is 6.33 Å². The summed E-state index contributed by atoms with van der Waals surface area (Å²) in [7, 11) is 0. The van der Waals surface area contributed by atoms with E-state index in [9.17, 15) is 9.90 Å². The second-order valence-electron chi connectivity index (χ2n) is 5.04. The van der Waals surface area contributed by atoms with E-state index in [0.29, 0.717) is 12.5 Å². The molecular weight excluding hydrogens is 218 g/mol. The Morgan fingerprint density at radius 1 is 1.59 bits per heavy atom. The second-order valence-corrected chi connectivity index (χ2v) is 5.04. The summed E-state index contributed by atoms with van der Waals surface area (Å²) in [5.74, 6) is 0.680. The Morgan fingerprint density at radius 2 is 2.29 bits per heavy atom. The van der Waals surface area contributed by atoms with Crippen molar-refractivity contribution in [2.75, 3.05) is 6.54 Å². The minimum Gasteiger partial charge on any atom is -0.388 e. The van der Waals surface area contributed by atoms with Gasteiger partial charge in [-0.1, -0.05) is 6.92 Å². The first-order chi connectivity index (χ1) is 8.09. The Balaban J connectivity index is 1.83. The van der Waals surface area contributed by atoms with Crippen LogP contribution in [0.2, 0.25) is 0 Å². The molecular formula is C12H19N3O2. The predicted molar refractivity (Wildman–Crippen MR) is 63.6 cm³/mol. The molecule has 94 valence electrons. The van der Waals surface area contributed by atoms with E-state index >= 15 is 0 Å². The fraction of sp³-hybridized carbons (Fsp3) is 0.667. The molecule has 1 aliphatic rings. The minimum absolute atomic E-state index is 0.241. The zero-order valence-corrected chi connectivity index (χ0v) is 10.1. The summed E-state index contributed by atoms with van der Waals surface area (Å²) in [4.78, 5) is 15.5. The zero-order valence-electron chi connectivity index (χ0n) is 10.1. The highest BCUT2D eigenvalue weighted by Gasteiger charge is 2.32. The highest BCUT2D eigenvalue weighted by atomic mass is 16.3. The highest BCUT2D eigenvalue weighted by molar-refractivity contribution is 5.76. The lowest BCUT2D eigenvalue weighted by Crippen LogP contribution is -2.46. The maximum absolute atomic E-state index is 11.7. The van der Waals surface area contributed by atoms with Crippen LogP contribution in [-0.2, 0) is 0 Å². The monoisotopic (exact) mass is 237 g/mol. The zero-order chi connectivity index (χ0) is 12.3. The van der Waals surface area contributed by atoms with Gasteiger partial charge in [-0.25, -0.2) is 9.78 Å². The van der Waals surface area contributed by atoms with Crippen molar-refractivity contribution >= 4 is 6.03 Å². The summed E-state index contributed by atoms with van der Waals surface area (Å²) >= 11 is 0. The van der Waals surface area contributed by atoms with Gasteiger partial charge in [0.25, 0.3) is 0 Å². The molecule has 1 aromatic rings. The third-order valence-corrected chi connectivity index (χ3v) is 3.51. The van der Waals surface area contributed by atoms with Crippen molar-refractivity contribution in [3.63, 3.8) is 0 Å². The third kappa shape index (κ3) is 3.06. The molecule has 0 radical (unpaired) electrons. The van der Waals surface area contributed by atoms with Crippen molar-refractivity contribution in [3.05, 3.63) is 18.7 Å². The first kappa shape index (κ1) is 12.1. The molecule has 1 amide bonds. The first-order valence-electron chi connectivity index (χ1n) is 6.08. The molecule has 0 spiro atoms. The smallest absolute Gasteiger partial charge is 0.326 e. The van der Waals surface area contributed by atoms with Crippen LogP contribution in [0, 0.1) is 5.92 Å². The van der Waals surface area contributed by atoms with Crippen molar-refractivity contribution in [2.45, 2.75) is 38.2 Å². The van der Waals surface area contributed by atoms with E-state index in [1.807, 2.05) is 0 Å². The van der Waals surface area contributed by atoms with E-state index in [4.69, 9.17) is 0 Å². The maximum atomic E-state index is 11.7. The first-order valence-corrected chi connectivity index (χ1v) is 6.08. The summed E-state index contributed by atoms with van der Waals surface area (Å²) in [5.41, 5.74) is -0.733. The van der Waals surface area contributed by atoms with Gasteiger partial charge in [0, 0.05) is 18.9 Å². The van der Waals surface area contributed by atoms with E-state index in [-0.39, 0.29) is 6.03 Å². The molecule has 2 N–H and O–H groups in total. The Labute approximate surface area is 101 Å². The van der Waals surface area contributed by atoms with Crippen molar-refractivity contribution in [2.24, 2.45) is 5.92 Å². The van der Waals surface area contributed by atoms with E-state index in [1.165, 1.54) is 10.9 Å². The van der Waals surface area contributed by atoms with Gasteiger partial charge in [-0.15, -0.1) is 0 Å². The lowest BCUT2D eigenvalue weighted by Gasteiger charge is -2.34. The highest BCUT2D eigenvalue weighted by Crippen LogP contribution is 2.31.